The number of rotatable bonds is 9. The van der Waals surface area contributed by atoms with Crippen LogP contribution >= 0.6 is 36.6 Å². The first-order chi connectivity index (χ1) is 14.3. The molecule has 0 atom stereocenters. The van der Waals surface area contributed by atoms with Crippen molar-refractivity contribution in [1.29, 1.82) is 0 Å². The highest BCUT2D eigenvalue weighted by molar-refractivity contribution is 7.99. The van der Waals surface area contributed by atoms with Gasteiger partial charge in [0.05, 0.1) is 19.3 Å². The largest absolute Gasteiger partial charge is 0.495 e. The summed E-state index contributed by atoms with van der Waals surface area (Å²) in [5.41, 5.74) is 1.93. The number of halogens is 2. The molecule has 1 saturated heterocycles. The van der Waals surface area contributed by atoms with Crippen molar-refractivity contribution in [3.63, 3.8) is 0 Å². The topological polar surface area (TPSA) is 37.6 Å². The first-order valence-electron chi connectivity index (χ1n) is 10.6. The van der Waals surface area contributed by atoms with Gasteiger partial charge in [0, 0.05) is 10.3 Å². The second-order valence-corrected chi connectivity index (χ2v) is 8.74. The Morgan fingerprint density at radius 3 is 2.61 bits per heavy atom. The monoisotopic (exact) mass is 482 g/mol. The number of furan rings is 1. The lowest BCUT2D eigenvalue weighted by atomic mass is 10.1. The first kappa shape index (κ1) is 25.7. The number of ether oxygens (including phenoxy) is 1. The average Bonchev–Trinajstić information content (AvgIpc) is 3.19. The van der Waals surface area contributed by atoms with Crippen LogP contribution in [-0.4, -0.2) is 37.4 Å². The smallest absolute Gasteiger partial charge is 0.142 e. The lowest BCUT2D eigenvalue weighted by Crippen LogP contribution is -2.30. The minimum atomic E-state index is 0. The van der Waals surface area contributed by atoms with Crippen LogP contribution in [-0.2, 0) is 6.54 Å². The summed E-state index contributed by atoms with van der Waals surface area (Å²) in [5.74, 6) is 2.93. The number of fused-ring (bicyclic) bond motifs is 1. The van der Waals surface area contributed by atoms with E-state index in [1.54, 1.807) is 7.11 Å². The molecule has 1 aromatic heterocycles. The number of methoxy groups -OCH3 is 1. The maximum Gasteiger partial charge on any atom is 0.142 e. The molecule has 31 heavy (non-hydrogen) atoms. The van der Waals surface area contributed by atoms with Gasteiger partial charge in [0.2, 0.25) is 0 Å². The summed E-state index contributed by atoms with van der Waals surface area (Å²) in [6.07, 6.45) is 5.37. The van der Waals surface area contributed by atoms with Crippen molar-refractivity contribution < 1.29 is 9.15 Å². The van der Waals surface area contributed by atoms with Crippen LogP contribution in [0.25, 0.3) is 11.0 Å². The van der Waals surface area contributed by atoms with Crippen LogP contribution < -0.4 is 10.1 Å². The van der Waals surface area contributed by atoms with Crippen molar-refractivity contribution in [2.24, 2.45) is 0 Å². The van der Waals surface area contributed by atoms with Gasteiger partial charge in [-0.25, -0.2) is 0 Å². The normalized spacial score (nSPS) is 14.0. The molecular weight excluding hydrogens is 451 g/mol. The summed E-state index contributed by atoms with van der Waals surface area (Å²) in [6.45, 7) is 4.42. The third-order valence-corrected chi connectivity index (χ3v) is 6.52. The number of hydrogen-bond acceptors (Lipinski definition) is 5. The molecule has 2 aromatic carbocycles. The molecule has 1 fully saturated rings. The van der Waals surface area contributed by atoms with E-state index in [1.165, 1.54) is 50.2 Å². The molecule has 2 heterocycles. The van der Waals surface area contributed by atoms with Crippen molar-refractivity contribution in [2.45, 2.75) is 37.1 Å². The maximum atomic E-state index is 5.92. The van der Waals surface area contributed by atoms with Crippen molar-refractivity contribution in [2.75, 3.05) is 37.8 Å². The van der Waals surface area contributed by atoms with Gasteiger partial charge in [0.25, 0.3) is 0 Å². The molecule has 1 aliphatic rings. The van der Waals surface area contributed by atoms with Gasteiger partial charge in [0.1, 0.15) is 17.1 Å². The minimum absolute atomic E-state index is 0. The number of anilines is 1. The summed E-state index contributed by atoms with van der Waals surface area (Å²) >= 11 is 1.92. The van der Waals surface area contributed by atoms with Gasteiger partial charge in [-0.3, -0.25) is 0 Å². The van der Waals surface area contributed by atoms with E-state index in [2.05, 4.69) is 34.5 Å². The van der Waals surface area contributed by atoms with E-state index in [0.29, 0.717) is 6.54 Å². The Morgan fingerprint density at radius 2 is 1.84 bits per heavy atom. The number of likely N-dealkylation sites (tertiary alicyclic amines) is 1. The Hall–Kier alpha value is -1.53. The van der Waals surface area contributed by atoms with Crippen LogP contribution in [0.1, 0.15) is 31.4 Å². The van der Waals surface area contributed by atoms with E-state index in [0.717, 1.165) is 33.9 Å². The second-order valence-electron chi connectivity index (χ2n) is 7.57. The zero-order chi connectivity index (χ0) is 19.9. The third-order valence-electron chi connectivity index (χ3n) is 5.44. The Labute approximate surface area is 201 Å². The van der Waals surface area contributed by atoms with Gasteiger partial charge in [-0.05, 0) is 75.0 Å². The molecule has 0 aliphatic carbocycles. The van der Waals surface area contributed by atoms with Crippen LogP contribution in [0.15, 0.2) is 57.8 Å². The van der Waals surface area contributed by atoms with Gasteiger partial charge in [0.15, 0.2) is 0 Å². The fourth-order valence-electron chi connectivity index (χ4n) is 3.88. The molecule has 0 spiro atoms. The second kappa shape index (κ2) is 13.1. The predicted molar refractivity (Wildman–Crippen MR) is 137 cm³/mol. The van der Waals surface area contributed by atoms with E-state index in [1.807, 2.05) is 36.0 Å². The van der Waals surface area contributed by atoms with Gasteiger partial charge in [-0.2, -0.15) is 0 Å². The number of nitrogens with one attached hydrogen (secondary N) is 1. The fourth-order valence-corrected chi connectivity index (χ4v) is 4.76. The van der Waals surface area contributed by atoms with Crippen LogP contribution in [0, 0.1) is 0 Å². The molecule has 0 unspecified atom stereocenters. The third kappa shape index (κ3) is 7.25. The van der Waals surface area contributed by atoms with E-state index in [-0.39, 0.29) is 24.8 Å². The predicted octanol–water partition coefficient (Wildman–Crippen LogP) is 6.87. The van der Waals surface area contributed by atoms with Crippen molar-refractivity contribution in [3.8, 4) is 5.75 Å². The van der Waals surface area contributed by atoms with Crippen molar-refractivity contribution in [3.05, 3.63) is 54.3 Å². The van der Waals surface area contributed by atoms with Gasteiger partial charge in [-0.15, -0.1) is 36.6 Å². The maximum absolute atomic E-state index is 5.92. The summed E-state index contributed by atoms with van der Waals surface area (Å²) in [7, 11) is 1.72. The number of nitrogens with zero attached hydrogens (tertiary/aromatic N) is 1. The van der Waals surface area contributed by atoms with Crippen LogP contribution in [0.5, 0.6) is 5.75 Å². The Kier molecular flexibility index (Phi) is 10.9. The molecule has 0 amide bonds. The molecule has 3 aromatic rings. The first-order valence-corrected chi connectivity index (χ1v) is 11.5. The van der Waals surface area contributed by atoms with Crippen LogP contribution in [0.3, 0.4) is 0 Å². The minimum Gasteiger partial charge on any atom is -0.495 e. The summed E-state index contributed by atoms with van der Waals surface area (Å²) in [5, 5.41) is 4.62. The summed E-state index contributed by atoms with van der Waals surface area (Å²) in [6, 6.07) is 16.6. The lowest BCUT2D eigenvalue weighted by Gasteiger charge is -2.26. The highest BCUT2D eigenvalue weighted by Crippen LogP contribution is 2.31. The number of benzene rings is 2. The average molecular weight is 484 g/mol. The van der Waals surface area contributed by atoms with Gasteiger partial charge < -0.3 is 19.4 Å². The molecule has 170 valence electrons. The summed E-state index contributed by atoms with van der Waals surface area (Å²) < 4.78 is 11.5. The van der Waals surface area contributed by atoms with Crippen molar-refractivity contribution >= 4 is 53.2 Å². The van der Waals surface area contributed by atoms with Crippen LogP contribution in [0.4, 0.5) is 5.69 Å². The molecule has 0 saturated carbocycles. The zero-order valence-electron chi connectivity index (χ0n) is 18.0. The number of hydrogen-bond donors (Lipinski definition) is 1. The summed E-state index contributed by atoms with van der Waals surface area (Å²) in [4.78, 5) is 3.88. The van der Waals surface area contributed by atoms with E-state index >= 15 is 0 Å². The molecule has 1 aliphatic heterocycles. The standard InChI is InChI=1S/C24H30N2O2S.2ClH/c1-27-24-11-10-21(29-15-7-14-26-12-5-2-6-13-26)17-22(24)25-18-20-16-19-8-3-4-9-23(19)28-20;;/h3-4,8-11,16-17,25H,2,5-7,12-15,18H2,1H3;2*1H. The highest BCUT2D eigenvalue weighted by atomic mass is 35.5. The van der Waals surface area contributed by atoms with E-state index in [9.17, 15) is 0 Å². The molecular formula is C24H32Cl2N2O2S. The van der Waals surface area contributed by atoms with Crippen LogP contribution in [0.2, 0.25) is 0 Å². The molecule has 4 rings (SSSR count). The Balaban J connectivity index is 0.00000171. The quantitative estimate of drug-likeness (QED) is 0.266. The molecule has 1 N–H and O–H groups in total. The lowest BCUT2D eigenvalue weighted by molar-refractivity contribution is 0.230. The van der Waals surface area contributed by atoms with Gasteiger partial charge in [-0.1, -0.05) is 24.6 Å². The Bertz CT molecular complexity index is 896. The van der Waals surface area contributed by atoms with E-state index in [4.69, 9.17) is 9.15 Å². The number of piperidine rings is 1. The van der Waals surface area contributed by atoms with Crippen molar-refractivity contribution in [1.82, 2.24) is 4.90 Å². The SMILES string of the molecule is COc1ccc(SCCCN2CCCCC2)cc1NCc1cc2ccccc2o1.Cl.Cl. The molecule has 7 heteroatoms. The number of thioether (sulfide) groups is 1. The number of para-hydroxylation sites is 1. The molecule has 4 nitrogen and oxygen atoms in total. The van der Waals surface area contributed by atoms with Gasteiger partial charge >= 0.3 is 0 Å². The molecule has 0 bridgehead atoms. The zero-order valence-corrected chi connectivity index (χ0v) is 20.4. The fraction of sp³-hybridized carbons (Fsp3) is 0.417. The van der Waals surface area contributed by atoms with E-state index < -0.39 is 0 Å². The Morgan fingerprint density at radius 1 is 1.03 bits per heavy atom. The highest BCUT2D eigenvalue weighted by Gasteiger charge is 2.10. The molecule has 0 radical (unpaired) electrons.